The molecule has 0 fully saturated rings. The van der Waals surface area contributed by atoms with Crippen LogP contribution in [-0.4, -0.2) is 48.2 Å². The summed E-state index contributed by atoms with van der Waals surface area (Å²) in [5.41, 5.74) is 0. The van der Waals surface area contributed by atoms with Crippen LogP contribution >= 0.6 is 0 Å². The summed E-state index contributed by atoms with van der Waals surface area (Å²) >= 11 is 0. The van der Waals surface area contributed by atoms with E-state index in [9.17, 15) is 9.59 Å². The average molecular weight is 225 g/mol. The molecule has 0 aromatic heterocycles. The van der Waals surface area contributed by atoms with Crippen molar-refractivity contribution in [3.8, 4) is 12.3 Å². The first kappa shape index (κ1) is 11.9. The summed E-state index contributed by atoms with van der Waals surface area (Å²) < 4.78 is 9.93. The van der Waals surface area contributed by atoms with Crippen LogP contribution in [0.4, 0.5) is 0 Å². The minimum absolute atomic E-state index is 0.0252. The number of rotatable bonds is 4. The van der Waals surface area contributed by atoms with Gasteiger partial charge in [-0.3, -0.25) is 9.59 Å². The fourth-order valence-electron chi connectivity index (χ4n) is 1.11. The standard InChI is InChI=1S/C10H11NO5/c1-2-3-11(6-9(12)13)10(14)8-7-15-4-5-16-8/h1,7H,3-6H2,(H,12,13). The van der Waals surface area contributed by atoms with Gasteiger partial charge in [-0.05, 0) is 0 Å². The number of ether oxygens (including phenoxy) is 2. The molecular weight excluding hydrogens is 214 g/mol. The first-order chi connectivity index (χ1) is 7.65. The van der Waals surface area contributed by atoms with Gasteiger partial charge in [0, 0.05) is 0 Å². The second-order valence-electron chi connectivity index (χ2n) is 2.96. The van der Waals surface area contributed by atoms with Crippen LogP contribution in [0.1, 0.15) is 0 Å². The number of carboxylic acid groups (broad SMARTS) is 1. The van der Waals surface area contributed by atoms with Crippen molar-refractivity contribution in [3.05, 3.63) is 12.0 Å². The SMILES string of the molecule is C#CCN(CC(=O)O)C(=O)C1=COCCO1. The summed E-state index contributed by atoms with van der Waals surface area (Å²) in [5, 5.41) is 8.60. The molecule has 86 valence electrons. The minimum atomic E-state index is -1.14. The largest absolute Gasteiger partial charge is 0.494 e. The van der Waals surface area contributed by atoms with Crippen molar-refractivity contribution in [1.29, 1.82) is 0 Å². The van der Waals surface area contributed by atoms with Crippen LogP contribution in [0.25, 0.3) is 0 Å². The number of hydrogen-bond donors (Lipinski definition) is 1. The van der Waals surface area contributed by atoms with Gasteiger partial charge in [0.1, 0.15) is 26.0 Å². The number of nitrogens with zero attached hydrogens (tertiary/aromatic N) is 1. The topological polar surface area (TPSA) is 76.1 Å². The molecule has 1 aliphatic rings. The number of carbonyl (C=O) groups excluding carboxylic acids is 1. The highest BCUT2D eigenvalue weighted by Gasteiger charge is 2.23. The van der Waals surface area contributed by atoms with Crippen molar-refractivity contribution in [2.45, 2.75) is 0 Å². The third-order valence-corrected chi connectivity index (χ3v) is 1.76. The first-order valence-electron chi connectivity index (χ1n) is 4.54. The molecule has 16 heavy (non-hydrogen) atoms. The molecule has 6 heteroatoms. The van der Waals surface area contributed by atoms with E-state index in [0.29, 0.717) is 6.61 Å². The Morgan fingerprint density at radius 2 is 2.31 bits per heavy atom. The fourth-order valence-corrected chi connectivity index (χ4v) is 1.11. The van der Waals surface area contributed by atoms with Gasteiger partial charge in [0.2, 0.25) is 5.76 Å². The van der Waals surface area contributed by atoms with Gasteiger partial charge in [0.05, 0.1) is 6.54 Å². The van der Waals surface area contributed by atoms with Gasteiger partial charge in [0.25, 0.3) is 5.91 Å². The molecule has 0 unspecified atom stereocenters. The van der Waals surface area contributed by atoms with E-state index in [1.165, 1.54) is 0 Å². The zero-order chi connectivity index (χ0) is 12.0. The van der Waals surface area contributed by atoms with Crippen LogP contribution < -0.4 is 0 Å². The predicted molar refractivity (Wildman–Crippen MR) is 53.0 cm³/mol. The van der Waals surface area contributed by atoms with E-state index in [-0.39, 0.29) is 18.9 Å². The zero-order valence-corrected chi connectivity index (χ0v) is 8.51. The van der Waals surface area contributed by atoms with E-state index in [0.717, 1.165) is 11.2 Å². The minimum Gasteiger partial charge on any atom is -0.494 e. The van der Waals surface area contributed by atoms with Crippen LogP contribution in [0.15, 0.2) is 12.0 Å². The lowest BCUT2D eigenvalue weighted by Crippen LogP contribution is -2.38. The maximum absolute atomic E-state index is 11.7. The van der Waals surface area contributed by atoms with E-state index >= 15 is 0 Å². The number of carbonyl (C=O) groups is 2. The van der Waals surface area contributed by atoms with Crippen molar-refractivity contribution in [1.82, 2.24) is 4.90 Å². The normalized spacial score (nSPS) is 13.8. The van der Waals surface area contributed by atoms with Crippen LogP contribution in [0.2, 0.25) is 0 Å². The summed E-state index contributed by atoms with van der Waals surface area (Å²) in [5.74, 6) is 0.465. The molecule has 0 saturated heterocycles. The molecule has 1 heterocycles. The zero-order valence-electron chi connectivity index (χ0n) is 8.51. The second-order valence-corrected chi connectivity index (χ2v) is 2.96. The number of carboxylic acids is 1. The van der Waals surface area contributed by atoms with Crippen LogP contribution in [0.5, 0.6) is 0 Å². The number of amides is 1. The van der Waals surface area contributed by atoms with Crippen molar-refractivity contribution in [2.75, 3.05) is 26.3 Å². The highest BCUT2D eigenvalue weighted by molar-refractivity contribution is 5.93. The molecular formula is C10H11NO5. The molecule has 0 radical (unpaired) electrons. The average Bonchev–Trinajstić information content (AvgIpc) is 2.28. The van der Waals surface area contributed by atoms with E-state index < -0.39 is 18.4 Å². The van der Waals surface area contributed by atoms with Gasteiger partial charge in [-0.25, -0.2) is 0 Å². The molecule has 0 atom stereocenters. The predicted octanol–water partition coefficient (Wildman–Crippen LogP) is -0.579. The maximum Gasteiger partial charge on any atom is 0.323 e. The first-order valence-corrected chi connectivity index (χ1v) is 4.54. The Morgan fingerprint density at radius 1 is 1.56 bits per heavy atom. The fraction of sp³-hybridized carbons (Fsp3) is 0.400. The molecule has 1 aliphatic heterocycles. The molecule has 0 aliphatic carbocycles. The summed E-state index contributed by atoms with van der Waals surface area (Å²) in [6.07, 6.45) is 6.21. The van der Waals surface area contributed by atoms with Crippen molar-refractivity contribution >= 4 is 11.9 Å². The molecule has 1 N–H and O–H groups in total. The monoisotopic (exact) mass is 225 g/mol. The molecule has 6 nitrogen and oxygen atoms in total. The van der Waals surface area contributed by atoms with E-state index in [1.54, 1.807) is 0 Å². The molecule has 1 rings (SSSR count). The highest BCUT2D eigenvalue weighted by Crippen LogP contribution is 2.08. The van der Waals surface area contributed by atoms with E-state index in [4.69, 9.17) is 21.0 Å². The Kier molecular flexibility index (Phi) is 4.21. The number of terminal acetylenes is 1. The summed E-state index contributed by atoms with van der Waals surface area (Å²) in [4.78, 5) is 23.2. The van der Waals surface area contributed by atoms with Gasteiger partial charge in [0.15, 0.2) is 0 Å². The van der Waals surface area contributed by atoms with Crippen LogP contribution in [0.3, 0.4) is 0 Å². The maximum atomic E-state index is 11.7. The molecule has 1 amide bonds. The second kappa shape index (κ2) is 5.66. The quantitative estimate of drug-likeness (QED) is 0.648. The molecule has 0 bridgehead atoms. The van der Waals surface area contributed by atoms with Gasteiger partial charge in [-0.1, -0.05) is 5.92 Å². The summed E-state index contributed by atoms with van der Waals surface area (Å²) in [6.45, 7) is 0.0644. The van der Waals surface area contributed by atoms with Gasteiger partial charge >= 0.3 is 5.97 Å². The Bertz CT molecular complexity index is 355. The van der Waals surface area contributed by atoms with Crippen molar-refractivity contribution < 1.29 is 24.2 Å². The van der Waals surface area contributed by atoms with Gasteiger partial charge < -0.3 is 19.5 Å². The van der Waals surface area contributed by atoms with Crippen LogP contribution in [-0.2, 0) is 19.1 Å². The lowest BCUT2D eigenvalue weighted by atomic mass is 10.4. The van der Waals surface area contributed by atoms with E-state index in [2.05, 4.69) is 5.92 Å². The number of aliphatic carboxylic acids is 1. The van der Waals surface area contributed by atoms with Crippen molar-refractivity contribution in [2.24, 2.45) is 0 Å². The van der Waals surface area contributed by atoms with Crippen molar-refractivity contribution in [3.63, 3.8) is 0 Å². The Morgan fingerprint density at radius 3 is 2.81 bits per heavy atom. The summed E-state index contributed by atoms with van der Waals surface area (Å²) in [7, 11) is 0. The lowest BCUT2D eigenvalue weighted by Gasteiger charge is -2.21. The highest BCUT2D eigenvalue weighted by atomic mass is 16.6. The molecule has 0 saturated carbocycles. The Labute approximate surface area is 92.4 Å². The Balaban J connectivity index is 2.70. The lowest BCUT2D eigenvalue weighted by molar-refractivity contribution is -0.144. The molecule has 0 aromatic carbocycles. The Hall–Kier alpha value is -2.16. The smallest absolute Gasteiger partial charge is 0.323 e. The molecule has 0 aromatic rings. The van der Waals surface area contributed by atoms with Crippen LogP contribution in [0, 0.1) is 12.3 Å². The summed E-state index contributed by atoms with van der Waals surface area (Å²) in [6, 6.07) is 0. The third-order valence-electron chi connectivity index (χ3n) is 1.76. The third kappa shape index (κ3) is 3.20. The van der Waals surface area contributed by atoms with E-state index in [1.807, 2.05) is 0 Å². The molecule has 0 spiro atoms. The van der Waals surface area contributed by atoms with Gasteiger partial charge in [-0.15, -0.1) is 6.42 Å². The number of hydrogen-bond acceptors (Lipinski definition) is 4. The van der Waals surface area contributed by atoms with Gasteiger partial charge in [-0.2, -0.15) is 0 Å².